The molecule has 5 heterocycles. The third-order valence-corrected chi connectivity index (χ3v) is 9.78. The predicted molar refractivity (Wildman–Crippen MR) is 177 cm³/mol. The molecule has 1 saturated heterocycles. The van der Waals surface area contributed by atoms with E-state index in [4.69, 9.17) is 19.7 Å². The number of aliphatic hydroxyl groups excluding tert-OH is 1. The first-order chi connectivity index (χ1) is 21.5. The van der Waals surface area contributed by atoms with Crippen LogP contribution >= 0.6 is 0 Å². The van der Waals surface area contributed by atoms with Crippen LogP contribution in [0, 0.1) is 11.8 Å². The van der Waals surface area contributed by atoms with Gasteiger partial charge in [0.2, 0.25) is 0 Å². The van der Waals surface area contributed by atoms with Crippen molar-refractivity contribution < 1.29 is 19.4 Å². The van der Waals surface area contributed by atoms with E-state index in [0.717, 1.165) is 62.8 Å². The van der Waals surface area contributed by atoms with Gasteiger partial charge < -0.3 is 15.2 Å². The fourth-order valence-corrected chi connectivity index (χ4v) is 7.03. The Morgan fingerprint density at radius 2 is 1.80 bits per heavy atom. The average Bonchev–Trinajstić information content (AvgIpc) is 3.77. The normalized spacial score (nSPS) is 24.7. The van der Waals surface area contributed by atoms with Gasteiger partial charge in [0.05, 0.1) is 41.3 Å². The lowest BCUT2D eigenvalue weighted by molar-refractivity contribution is -0.140. The molecule has 2 N–H and O–H groups in total. The summed E-state index contributed by atoms with van der Waals surface area (Å²) in [6, 6.07) is 0. The molecule has 8 nitrogen and oxygen atoms in total. The summed E-state index contributed by atoms with van der Waals surface area (Å²) >= 11 is 0. The Morgan fingerprint density at radius 3 is 2.49 bits per heavy atom. The minimum Gasteiger partial charge on any atom is -0.506 e. The van der Waals surface area contributed by atoms with E-state index < -0.39 is 0 Å². The molecule has 0 aromatic rings. The molecule has 0 aromatic heterocycles. The first kappa shape index (κ1) is 30.2. The number of esters is 1. The molecular formula is C37H38N4O4. The molecule has 8 heteroatoms. The standard InChI is InChI=1S/C37H38N4O4/c1-9-17(3)37(44)33-20(6)27-14-26-19(5)23(11-12-32(43)45-8)35(40-26)24-13-31(42)34-21(7)28(41-36(24)34)15-29-22(10-2)18(4)25(38-29)16-30(33)39-27/h14-16,19,23,40,44H,1,10-13H2,2-8H3/b25-16?,26-14?,28-15?,35-24?,37-33-/t19-,23-/m0/s1. The Labute approximate surface area is 263 Å². The summed E-state index contributed by atoms with van der Waals surface area (Å²) in [7, 11) is 1.40. The molecule has 0 unspecified atom stereocenters. The molecular weight excluding hydrogens is 564 g/mol. The number of Topliss-reactive ketones (excluding diaryl/α,β-unsaturated/α-hetero) is 1. The molecule has 0 radical (unpaired) electrons. The van der Waals surface area contributed by atoms with Crippen LogP contribution in [-0.4, -0.2) is 41.1 Å². The number of aliphatic imine (C=N–C) groups is 3. The van der Waals surface area contributed by atoms with E-state index in [1.165, 1.54) is 7.11 Å². The van der Waals surface area contributed by atoms with Gasteiger partial charge >= 0.3 is 5.97 Å². The summed E-state index contributed by atoms with van der Waals surface area (Å²) in [5.74, 6) is -0.232. The van der Waals surface area contributed by atoms with Gasteiger partial charge in [0, 0.05) is 58.4 Å². The molecule has 0 aromatic carbocycles. The lowest BCUT2D eigenvalue weighted by Gasteiger charge is -2.17. The minimum atomic E-state index is -0.275. The largest absolute Gasteiger partial charge is 0.506 e. The molecule has 1 saturated carbocycles. The smallest absolute Gasteiger partial charge is 0.305 e. The first-order valence-electron chi connectivity index (χ1n) is 15.4. The van der Waals surface area contributed by atoms with E-state index in [1.54, 1.807) is 6.92 Å². The number of ether oxygens (including phenoxy) is 1. The highest BCUT2D eigenvalue weighted by atomic mass is 16.5. The number of fused-ring (bicyclic) bond motifs is 5. The number of hydrogen-bond acceptors (Lipinski definition) is 8. The Kier molecular flexibility index (Phi) is 7.58. The van der Waals surface area contributed by atoms with Crippen LogP contribution in [0.1, 0.15) is 67.2 Å². The molecule has 0 spiro atoms. The molecule has 1 aliphatic carbocycles. The van der Waals surface area contributed by atoms with Crippen LogP contribution in [0.25, 0.3) is 0 Å². The van der Waals surface area contributed by atoms with Crippen molar-refractivity contribution in [2.75, 3.05) is 7.11 Å². The summed E-state index contributed by atoms with van der Waals surface area (Å²) in [4.78, 5) is 40.9. The second-order valence-electron chi connectivity index (χ2n) is 12.2. The molecule has 2 atom stereocenters. The van der Waals surface area contributed by atoms with Gasteiger partial charge in [-0.25, -0.2) is 15.0 Å². The van der Waals surface area contributed by atoms with Crippen LogP contribution < -0.4 is 5.32 Å². The van der Waals surface area contributed by atoms with E-state index >= 15 is 0 Å². The summed E-state index contributed by atoms with van der Waals surface area (Å²) < 4.78 is 4.97. The Bertz CT molecular complexity index is 1900. The fraction of sp³-hybridized carbons (Fsp3) is 0.351. The van der Waals surface area contributed by atoms with Crippen molar-refractivity contribution in [3.8, 4) is 0 Å². The number of nitrogens with zero attached hydrogens (tertiary/aromatic N) is 3. The SMILES string of the molecule is C=C=C(C)/C(O)=C1/C2=NC(=C1C)C=C1NC(=C3CC(=O)C4=C(C)C(=CC5=NC(=C2)C(C)=C5CC)N=C34)[C@@H](CCC(=O)OC)[C@@H]1C. The maximum atomic E-state index is 13.5. The molecule has 6 rings (SSSR count). The predicted octanol–water partition coefficient (Wildman–Crippen LogP) is 6.91. The molecule has 2 fully saturated rings. The Balaban J connectivity index is 1.64. The van der Waals surface area contributed by atoms with E-state index in [1.807, 2.05) is 32.1 Å². The van der Waals surface area contributed by atoms with Gasteiger partial charge in [-0.1, -0.05) is 20.4 Å². The van der Waals surface area contributed by atoms with Crippen LogP contribution in [0.3, 0.4) is 0 Å². The molecule has 6 aliphatic rings. The van der Waals surface area contributed by atoms with Gasteiger partial charge in [-0.05, 0) is 81.1 Å². The molecule has 5 aliphatic heterocycles. The summed E-state index contributed by atoms with van der Waals surface area (Å²) in [5, 5.41) is 15.0. The number of carbonyl (C=O) groups is 2. The van der Waals surface area contributed by atoms with Crippen molar-refractivity contribution in [1.29, 1.82) is 0 Å². The number of carbonyl (C=O) groups excluding carboxylic acids is 2. The highest BCUT2D eigenvalue weighted by molar-refractivity contribution is 6.38. The van der Waals surface area contributed by atoms with Crippen molar-refractivity contribution >= 4 is 28.9 Å². The van der Waals surface area contributed by atoms with E-state index in [9.17, 15) is 14.7 Å². The molecule has 0 amide bonds. The van der Waals surface area contributed by atoms with Crippen LogP contribution in [0.5, 0.6) is 0 Å². The van der Waals surface area contributed by atoms with Gasteiger partial charge in [-0.15, -0.1) is 5.73 Å². The van der Waals surface area contributed by atoms with Gasteiger partial charge in [0.25, 0.3) is 0 Å². The molecule has 8 bridgehead atoms. The van der Waals surface area contributed by atoms with Crippen molar-refractivity contribution in [3.05, 3.63) is 109 Å². The highest BCUT2D eigenvalue weighted by Gasteiger charge is 2.43. The van der Waals surface area contributed by atoms with Gasteiger partial charge in [-0.2, -0.15) is 0 Å². The van der Waals surface area contributed by atoms with Crippen LogP contribution in [0.2, 0.25) is 0 Å². The maximum Gasteiger partial charge on any atom is 0.305 e. The molecule has 45 heavy (non-hydrogen) atoms. The zero-order valence-electron chi connectivity index (χ0n) is 26.9. The number of ketones is 1. The van der Waals surface area contributed by atoms with Crippen molar-refractivity contribution in [3.63, 3.8) is 0 Å². The Morgan fingerprint density at radius 1 is 1.09 bits per heavy atom. The van der Waals surface area contributed by atoms with E-state index in [0.29, 0.717) is 40.3 Å². The third kappa shape index (κ3) is 4.81. The minimum absolute atomic E-state index is 0.0123. The van der Waals surface area contributed by atoms with E-state index in [-0.39, 0.29) is 42.2 Å². The highest BCUT2D eigenvalue weighted by Crippen LogP contribution is 2.45. The fourth-order valence-electron chi connectivity index (χ4n) is 7.03. The second kappa shape index (κ2) is 11.3. The zero-order valence-corrected chi connectivity index (χ0v) is 26.9. The number of aliphatic hydroxyl groups is 1. The lowest BCUT2D eigenvalue weighted by atomic mass is 9.86. The quantitative estimate of drug-likeness (QED) is 0.202. The summed E-state index contributed by atoms with van der Waals surface area (Å²) in [5.41, 5.74) is 15.4. The maximum absolute atomic E-state index is 13.5. The average molecular weight is 603 g/mol. The number of rotatable bonds is 5. The van der Waals surface area contributed by atoms with Crippen LogP contribution in [0.4, 0.5) is 0 Å². The number of methoxy groups -OCH3 is 1. The number of hydrogen-bond donors (Lipinski definition) is 2. The zero-order chi connectivity index (χ0) is 32.3. The van der Waals surface area contributed by atoms with Crippen LogP contribution in [0.15, 0.2) is 124 Å². The summed E-state index contributed by atoms with van der Waals surface area (Å²) in [6.07, 6.45) is 7.74. The molecule has 230 valence electrons. The van der Waals surface area contributed by atoms with Crippen molar-refractivity contribution in [2.24, 2.45) is 26.8 Å². The monoisotopic (exact) mass is 602 g/mol. The topological polar surface area (TPSA) is 113 Å². The van der Waals surface area contributed by atoms with Gasteiger partial charge in [0.15, 0.2) is 5.78 Å². The van der Waals surface area contributed by atoms with E-state index in [2.05, 4.69) is 38.4 Å². The first-order valence-corrected chi connectivity index (χ1v) is 15.4. The lowest BCUT2D eigenvalue weighted by Crippen LogP contribution is -2.15. The van der Waals surface area contributed by atoms with Gasteiger partial charge in [0.1, 0.15) is 5.76 Å². The number of nitrogens with one attached hydrogen (secondary N) is 1. The second-order valence-corrected chi connectivity index (χ2v) is 12.2. The van der Waals surface area contributed by atoms with Gasteiger partial charge in [-0.3, -0.25) is 9.59 Å². The van der Waals surface area contributed by atoms with Crippen LogP contribution in [-0.2, 0) is 14.3 Å². The third-order valence-electron chi connectivity index (χ3n) is 9.78. The summed E-state index contributed by atoms with van der Waals surface area (Å²) in [6.45, 7) is 15.7. The van der Waals surface area contributed by atoms with Crippen molar-refractivity contribution in [1.82, 2.24) is 5.32 Å². The number of allylic oxidation sites excluding steroid dienone is 13. The van der Waals surface area contributed by atoms with Crippen molar-refractivity contribution in [2.45, 2.75) is 67.2 Å². The Hall–Kier alpha value is -4.81.